The van der Waals surface area contributed by atoms with E-state index in [4.69, 9.17) is 32.7 Å². The van der Waals surface area contributed by atoms with Crippen LogP contribution in [0.4, 0.5) is 0 Å². The molecule has 97 valence electrons. The molecular formula is C14H9Cl2O3. The van der Waals surface area contributed by atoms with Crippen molar-refractivity contribution in [1.29, 1.82) is 0 Å². The van der Waals surface area contributed by atoms with Crippen molar-refractivity contribution < 1.29 is 14.3 Å². The quantitative estimate of drug-likeness (QED) is 0.617. The Kier molecular flexibility index (Phi) is 4.30. The van der Waals surface area contributed by atoms with Crippen LogP contribution in [0.1, 0.15) is 6.92 Å². The Morgan fingerprint density at radius 3 is 2.79 bits per heavy atom. The zero-order valence-electron chi connectivity index (χ0n) is 9.94. The summed E-state index contributed by atoms with van der Waals surface area (Å²) in [5.41, 5.74) is 0. The van der Waals surface area contributed by atoms with E-state index in [1.165, 1.54) is 6.92 Å². The van der Waals surface area contributed by atoms with Crippen LogP contribution in [0.3, 0.4) is 0 Å². The number of esters is 1. The number of ether oxygens (including phenoxy) is 2. The molecule has 2 aromatic rings. The average molecular weight is 296 g/mol. The topological polar surface area (TPSA) is 35.5 Å². The third kappa shape index (κ3) is 3.63. The number of carbonyl (C=O) groups excluding carboxylic acids is 1. The zero-order chi connectivity index (χ0) is 13.8. The lowest BCUT2D eigenvalue weighted by Gasteiger charge is -2.09. The van der Waals surface area contributed by atoms with Crippen LogP contribution in [-0.4, -0.2) is 5.97 Å². The van der Waals surface area contributed by atoms with Crippen LogP contribution in [0.2, 0.25) is 10.0 Å². The highest BCUT2D eigenvalue weighted by atomic mass is 35.5. The number of halogens is 2. The van der Waals surface area contributed by atoms with Gasteiger partial charge in [-0.3, -0.25) is 4.79 Å². The second kappa shape index (κ2) is 5.95. The van der Waals surface area contributed by atoms with Crippen molar-refractivity contribution in [2.45, 2.75) is 6.92 Å². The first-order chi connectivity index (χ1) is 9.06. The molecule has 0 amide bonds. The van der Waals surface area contributed by atoms with E-state index in [2.05, 4.69) is 6.07 Å². The van der Waals surface area contributed by atoms with Gasteiger partial charge in [-0.15, -0.1) is 0 Å². The number of rotatable bonds is 3. The van der Waals surface area contributed by atoms with E-state index < -0.39 is 5.97 Å². The largest absolute Gasteiger partial charge is 0.456 e. The van der Waals surface area contributed by atoms with Crippen molar-refractivity contribution in [3.63, 3.8) is 0 Å². The molecule has 5 heteroatoms. The van der Waals surface area contributed by atoms with Crippen LogP contribution in [0.5, 0.6) is 17.2 Å². The Bertz CT molecular complexity index is 611. The van der Waals surface area contributed by atoms with Gasteiger partial charge >= 0.3 is 5.97 Å². The summed E-state index contributed by atoms with van der Waals surface area (Å²) in [5, 5.41) is 0.730. The molecule has 0 aromatic heterocycles. The van der Waals surface area contributed by atoms with Crippen LogP contribution in [0.25, 0.3) is 0 Å². The maximum atomic E-state index is 10.9. The zero-order valence-corrected chi connectivity index (χ0v) is 11.5. The fourth-order valence-corrected chi connectivity index (χ4v) is 1.72. The second-order valence-electron chi connectivity index (χ2n) is 3.64. The Labute approximate surface area is 120 Å². The van der Waals surface area contributed by atoms with E-state index in [0.717, 1.165) is 0 Å². The molecule has 0 atom stereocenters. The summed E-state index contributed by atoms with van der Waals surface area (Å²) < 4.78 is 10.5. The minimum Gasteiger partial charge on any atom is -0.456 e. The summed E-state index contributed by atoms with van der Waals surface area (Å²) in [6.45, 7) is 1.31. The van der Waals surface area contributed by atoms with E-state index in [0.29, 0.717) is 21.5 Å². The van der Waals surface area contributed by atoms with E-state index in [1.54, 1.807) is 36.4 Å². The average Bonchev–Trinajstić information content (AvgIpc) is 2.35. The van der Waals surface area contributed by atoms with Crippen LogP contribution in [0.15, 0.2) is 36.4 Å². The first-order valence-electron chi connectivity index (χ1n) is 5.38. The minimum atomic E-state index is -0.422. The first kappa shape index (κ1) is 13.7. The lowest BCUT2D eigenvalue weighted by molar-refractivity contribution is -0.131. The van der Waals surface area contributed by atoms with Gasteiger partial charge in [0.25, 0.3) is 0 Å². The van der Waals surface area contributed by atoms with Gasteiger partial charge in [0.05, 0.1) is 5.02 Å². The third-order valence-corrected chi connectivity index (χ3v) is 2.95. The molecule has 3 nitrogen and oxygen atoms in total. The lowest BCUT2D eigenvalue weighted by Crippen LogP contribution is -2.01. The summed E-state index contributed by atoms with van der Waals surface area (Å²) in [6, 6.07) is 12.7. The van der Waals surface area contributed by atoms with Gasteiger partial charge in [-0.2, -0.15) is 0 Å². The molecule has 0 fully saturated rings. The molecule has 0 heterocycles. The molecule has 0 saturated heterocycles. The van der Waals surface area contributed by atoms with Crippen molar-refractivity contribution in [3.05, 3.63) is 52.5 Å². The molecule has 0 bridgehead atoms. The summed E-state index contributed by atoms with van der Waals surface area (Å²) in [6.07, 6.45) is 0. The highest BCUT2D eigenvalue weighted by Crippen LogP contribution is 2.35. The van der Waals surface area contributed by atoms with Gasteiger partial charge in [0.2, 0.25) is 0 Å². The Hall–Kier alpha value is -1.71. The number of hydrogen-bond acceptors (Lipinski definition) is 3. The molecule has 1 radical (unpaired) electrons. The van der Waals surface area contributed by atoms with Gasteiger partial charge in [0.15, 0.2) is 0 Å². The molecule has 19 heavy (non-hydrogen) atoms. The van der Waals surface area contributed by atoms with Gasteiger partial charge in [-0.1, -0.05) is 29.3 Å². The minimum absolute atomic E-state index is 0.281. The standard InChI is InChI=1S/C14H9Cl2O3/c1-9(17)18-10-4-2-5-11(8-10)19-13-7-3-6-12(15)14(13)16/h2-3,5-8H,1H3. The molecule has 2 aromatic carbocycles. The lowest BCUT2D eigenvalue weighted by atomic mass is 10.3. The number of carbonyl (C=O) groups is 1. The van der Waals surface area contributed by atoms with Crippen LogP contribution < -0.4 is 9.47 Å². The highest BCUT2D eigenvalue weighted by molar-refractivity contribution is 6.42. The smallest absolute Gasteiger partial charge is 0.308 e. The van der Waals surface area contributed by atoms with Gasteiger partial charge in [-0.05, 0) is 24.3 Å². The fourth-order valence-electron chi connectivity index (χ4n) is 1.39. The predicted octanol–water partition coefficient (Wildman–Crippen LogP) is 4.51. The number of hydrogen-bond donors (Lipinski definition) is 0. The molecular weight excluding hydrogens is 287 g/mol. The van der Waals surface area contributed by atoms with E-state index >= 15 is 0 Å². The van der Waals surface area contributed by atoms with Crippen molar-refractivity contribution >= 4 is 29.2 Å². The summed E-state index contributed by atoms with van der Waals surface area (Å²) in [7, 11) is 0. The first-order valence-corrected chi connectivity index (χ1v) is 6.14. The molecule has 0 saturated carbocycles. The Morgan fingerprint density at radius 1 is 1.26 bits per heavy atom. The van der Waals surface area contributed by atoms with Gasteiger partial charge in [0.1, 0.15) is 22.3 Å². The Morgan fingerprint density at radius 2 is 2.05 bits per heavy atom. The summed E-state index contributed by atoms with van der Waals surface area (Å²) in [4.78, 5) is 10.9. The molecule has 0 aliphatic rings. The number of benzene rings is 2. The van der Waals surface area contributed by atoms with E-state index in [1.807, 2.05) is 0 Å². The van der Waals surface area contributed by atoms with Crippen molar-refractivity contribution in [1.82, 2.24) is 0 Å². The Balaban J connectivity index is 2.23. The summed E-state index contributed by atoms with van der Waals surface area (Å²) >= 11 is 11.9. The van der Waals surface area contributed by atoms with Gasteiger partial charge in [0, 0.05) is 19.1 Å². The molecule has 0 unspecified atom stereocenters. The second-order valence-corrected chi connectivity index (χ2v) is 4.42. The van der Waals surface area contributed by atoms with E-state index in [9.17, 15) is 4.79 Å². The normalized spacial score (nSPS) is 10.1. The van der Waals surface area contributed by atoms with Crippen molar-refractivity contribution in [2.75, 3.05) is 0 Å². The van der Waals surface area contributed by atoms with E-state index in [-0.39, 0.29) is 5.75 Å². The van der Waals surface area contributed by atoms with Gasteiger partial charge in [-0.25, -0.2) is 0 Å². The highest BCUT2D eigenvalue weighted by Gasteiger charge is 2.07. The summed E-state index contributed by atoms with van der Waals surface area (Å²) in [5.74, 6) is 0.755. The maximum absolute atomic E-state index is 10.9. The monoisotopic (exact) mass is 295 g/mol. The van der Waals surface area contributed by atoms with Crippen LogP contribution in [0, 0.1) is 6.07 Å². The SMILES string of the molecule is CC(=O)Oc1[c]ccc(Oc2cccc(Cl)c2Cl)c1. The molecule has 2 rings (SSSR count). The molecule has 0 spiro atoms. The molecule has 0 aliphatic carbocycles. The van der Waals surface area contributed by atoms with Gasteiger partial charge < -0.3 is 9.47 Å². The predicted molar refractivity (Wildman–Crippen MR) is 73.1 cm³/mol. The molecule has 0 aliphatic heterocycles. The van der Waals surface area contributed by atoms with Crippen LogP contribution >= 0.6 is 23.2 Å². The van der Waals surface area contributed by atoms with Crippen molar-refractivity contribution in [3.8, 4) is 17.2 Å². The maximum Gasteiger partial charge on any atom is 0.308 e. The van der Waals surface area contributed by atoms with Crippen LogP contribution in [-0.2, 0) is 4.79 Å². The van der Waals surface area contributed by atoms with Crippen molar-refractivity contribution in [2.24, 2.45) is 0 Å². The third-order valence-electron chi connectivity index (χ3n) is 2.14. The molecule has 0 N–H and O–H groups in total. The fraction of sp³-hybridized carbons (Fsp3) is 0.0714.